The largest absolute Gasteiger partial charge is 0.460 e. The first-order valence-electron chi connectivity index (χ1n) is 5.02. The molecule has 0 spiro atoms. The lowest BCUT2D eigenvalue weighted by Gasteiger charge is -2.45. The number of hydrogen-bond acceptors (Lipinski definition) is 3. The van der Waals surface area contributed by atoms with Crippen molar-refractivity contribution in [1.82, 2.24) is 0 Å². The molecule has 0 bridgehead atoms. The number of fused-ring (bicyclic) bond motifs is 1. The molecule has 13 heavy (non-hydrogen) atoms. The molecule has 2 aliphatic rings. The topological polar surface area (TPSA) is 46.5 Å². The summed E-state index contributed by atoms with van der Waals surface area (Å²) >= 11 is 0. The molecule has 0 aliphatic heterocycles. The van der Waals surface area contributed by atoms with Crippen molar-refractivity contribution in [3.8, 4) is 0 Å². The average molecular weight is 184 g/mol. The minimum Gasteiger partial charge on any atom is -0.460 e. The van der Waals surface area contributed by atoms with Gasteiger partial charge in [0.25, 0.3) is 0 Å². The molecular weight excluding hydrogens is 168 g/mol. The summed E-state index contributed by atoms with van der Waals surface area (Å²) in [6, 6.07) is 0. The summed E-state index contributed by atoms with van der Waals surface area (Å²) < 4.78 is 5.07. The first-order chi connectivity index (χ1) is 6.16. The molecule has 0 aromatic heterocycles. The van der Waals surface area contributed by atoms with E-state index in [2.05, 4.69) is 0 Å². The van der Waals surface area contributed by atoms with Crippen LogP contribution >= 0.6 is 0 Å². The Morgan fingerprint density at radius 3 is 2.46 bits per heavy atom. The second-order valence-electron chi connectivity index (χ2n) is 4.28. The Kier molecular flexibility index (Phi) is 2.28. The maximum Gasteiger partial charge on any atom is 0.302 e. The van der Waals surface area contributed by atoms with Gasteiger partial charge in [-0.25, -0.2) is 0 Å². The van der Waals surface area contributed by atoms with E-state index >= 15 is 0 Å². The third-order valence-corrected chi connectivity index (χ3v) is 3.40. The monoisotopic (exact) mass is 184 g/mol. The molecular formula is C10H16O3. The third-order valence-electron chi connectivity index (χ3n) is 3.40. The fraction of sp³-hybridized carbons (Fsp3) is 0.900. The normalized spacial score (nSPS) is 43.2. The first-order valence-corrected chi connectivity index (χ1v) is 5.02. The van der Waals surface area contributed by atoms with Crippen molar-refractivity contribution >= 4 is 5.97 Å². The van der Waals surface area contributed by atoms with Crippen molar-refractivity contribution in [1.29, 1.82) is 0 Å². The van der Waals surface area contributed by atoms with Gasteiger partial charge in [0.1, 0.15) is 6.10 Å². The number of aliphatic hydroxyl groups is 1. The molecule has 2 fully saturated rings. The van der Waals surface area contributed by atoms with Crippen molar-refractivity contribution in [2.75, 3.05) is 0 Å². The van der Waals surface area contributed by atoms with Crippen molar-refractivity contribution in [3.63, 3.8) is 0 Å². The van der Waals surface area contributed by atoms with Crippen molar-refractivity contribution in [2.24, 2.45) is 11.8 Å². The van der Waals surface area contributed by atoms with E-state index in [1.165, 1.54) is 19.8 Å². The minimum absolute atomic E-state index is 0.237. The molecule has 0 aromatic rings. The predicted molar refractivity (Wildman–Crippen MR) is 47.0 cm³/mol. The maximum atomic E-state index is 10.7. The highest BCUT2D eigenvalue weighted by atomic mass is 16.6. The molecule has 2 rings (SSSR count). The quantitative estimate of drug-likeness (QED) is 0.621. The van der Waals surface area contributed by atoms with Crippen molar-refractivity contribution < 1.29 is 14.6 Å². The van der Waals surface area contributed by atoms with Crippen LogP contribution in [-0.2, 0) is 9.53 Å². The SMILES string of the molecule is CC(=O)O[C@H]1C[C@H]2CC[C@@H]2C[C@H]1O. The van der Waals surface area contributed by atoms with Crippen LogP contribution < -0.4 is 0 Å². The Morgan fingerprint density at radius 1 is 1.31 bits per heavy atom. The van der Waals surface area contributed by atoms with E-state index in [-0.39, 0.29) is 12.1 Å². The van der Waals surface area contributed by atoms with Crippen LogP contribution in [0.15, 0.2) is 0 Å². The second-order valence-corrected chi connectivity index (χ2v) is 4.28. The Labute approximate surface area is 78.1 Å². The number of hydrogen-bond donors (Lipinski definition) is 1. The first kappa shape index (κ1) is 9.00. The molecule has 1 N–H and O–H groups in total. The number of rotatable bonds is 1. The summed E-state index contributed by atoms with van der Waals surface area (Å²) in [5.41, 5.74) is 0. The highest BCUT2D eigenvalue weighted by Crippen LogP contribution is 2.45. The van der Waals surface area contributed by atoms with Crippen LogP contribution in [0.25, 0.3) is 0 Å². The lowest BCUT2D eigenvalue weighted by Crippen LogP contribution is -2.45. The zero-order valence-corrected chi connectivity index (χ0v) is 7.90. The third kappa shape index (κ3) is 1.70. The highest BCUT2D eigenvalue weighted by Gasteiger charge is 2.42. The van der Waals surface area contributed by atoms with E-state index in [9.17, 15) is 9.90 Å². The average Bonchev–Trinajstić information content (AvgIpc) is 2.02. The molecule has 0 unspecified atom stereocenters. The van der Waals surface area contributed by atoms with E-state index < -0.39 is 6.10 Å². The standard InChI is InChI=1S/C10H16O3/c1-6(11)13-10-5-8-3-2-7(8)4-9(10)12/h7-10,12H,2-5H2,1H3/t7-,8-,9-,10+/m1/s1. The van der Waals surface area contributed by atoms with Gasteiger partial charge in [-0.3, -0.25) is 4.79 Å². The van der Waals surface area contributed by atoms with Gasteiger partial charge in [0.15, 0.2) is 0 Å². The molecule has 0 heterocycles. The zero-order chi connectivity index (χ0) is 9.42. The van der Waals surface area contributed by atoms with E-state index in [1.54, 1.807) is 0 Å². The Morgan fingerprint density at radius 2 is 1.92 bits per heavy atom. The van der Waals surface area contributed by atoms with E-state index in [4.69, 9.17) is 4.74 Å². The highest BCUT2D eigenvalue weighted by molar-refractivity contribution is 5.66. The minimum atomic E-state index is -0.426. The van der Waals surface area contributed by atoms with Gasteiger partial charge in [0.2, 0.25) is 0 Å². The van der Waals surface area contributed by atoms with Crippen LogP contribution in [-0.4, -0.2) is 23.3 Å². The molecule has 0 radical (unpaired) electrons. The number of ether oxygens (including phenoxy) is 1. The summed E-state index contributed by atoms with van der Waals surface area (Å²) in [4.78, 5) is 10.7. The van der Waals surface area contributed by atoms with Gasteiger partial charge in [-0.05, 0) is 37.5 Å². The van der Waals surface area contributed by atoms with Crippen molar-refractivity contribution in [3.05, 3.63) is 0 Å². The summed E-state index contributed by atoms with van der Waals surface area (Å²) in [7, 11) is 0. The number of carbonyl (C=O) groups excluding carboxylic acids is 1. The molecule has 74 valence electrons. The van der Waals surface area contributed by atoms with Crippen LogP contribution in [0.5, 0.6) is 0 Å². The predicted octanol–water partition coefficient (Wildman–Crippen LogP) is 1.10. The Balaban J connectivity index is 1.91. The lowest BCUT2D eigenvalue weighted by molar-refractivity contribution is -0.161. The Hall–Kier alpha value is -0.570. The van der Waals surface area contributed by atoms with Gasteiger partial charge in [-0.1, -0.05) is 0 Å². The molecule has 3 nitrogen and oxygen atoms in total. The molecule has 3 heteroatoms. The smallest absolute Gasteiger partial charge is 0.302 e. The second kappa shape index (κ2) is 3.29. The fourth-order valence-electron chi connectivity index (χ4n) is 2.52. The summed E-state index contributed by atoms with van der Waals surface area (Å²) in [5, 5.41) is 9.66. The van der Waals surface area contributed by atoms with Crippen LogP contribution in [0.4, 0.5) is 0 Å². The van der Waals surface area contributed by atoms with Gasteiger partial charge in [-0.15, -0.1) is 0 Å². The van der Waals surface area contributed by atoms with Crippen LogP contribution in [0.2, 0.25) is 0 Å². The molecule has 2 aliphatic carbocycles. The maximum absolute atomic E-state index is 10.7. The molecule has 0 aromatic carbocycles. The summed E-state index contributed by atoms with van der Waals surface area (Å²) in [6.45, 7) is 1.40. The van der Waals surface area contributed by atoms with Gasteiger partial charge in [-0.2, -0.15) is 0 Å². The molecule has 0 amide bonds. The summed E-state index contributed by atoms with van der Waals surface area (Å²) in [5.74, 6) is 1.12. The summed E-state index contributed by atoms with van der Waals surface area (Å²) in [6.07, 6.45) is 3.52. The van der Waals surface area contributed by atoms with E-state index in [0.29, 0.717) is 11.8 Å². The van der Waals surface area contributed by atoms with Gasteiger partial charge < -0.3 is 9.84 Å². The molecule has 4 atom stereocenters. The number of esters is 1. The van der Waals surface area contributed by atoms with E-state index in [1.807, 2.05) is 0 Å². The molecule has 2 saturated carbocycles. The molecule has 0 saturated heterocycles. The number of aliphatic hydroxyl groups excluding tert-OH is 1. The van der Waals surface area contributed by atoms with Gasteiger partial charge in [0, 0.05) is 6.92 Å². The fourth-order valence-corrected chi connectivity index (χ4v) is 2.52. The van der Waals surface area contributed by atoms with Gasteiger partial charge in [0.05, 0.1) is 6.10 Å². The van der Waals surface area contributed by atoms with Crippen LogP contribution in [0.3, 0.4) is 0 Å². The lowest BCUT2D eigenvalue weighted by atomic mass is 9.64. The van der Waals surface area contributed by atoms with Crippen LogP contribution in [0.1, 0.15) is 32.6 Å². The van der Waals surface area contributed by atoms with E-state index in [0.717, 1.165) is 12.8 Å². The van der Waals surface area contributed by atoms with Crippen molar-refractivity contribution in [2.45, 2.75) is 44.8 Å². The Bertz CT molecular complexity index is 214. The van der Waals surface area contributed by atoms with Crippen LogP contribution in [0, 0.1) is 11.8 Å². The van der Waals surface area contributed by atoms with Gasteiger partial charge >= 0.3 is 5.97 Å². The zero-order valence-electron chi connectivity index (χ0n) is 7.90. The number of carbonyl (C=O) groups is 1.